The number of halogens is 1. The molecule has 146 valence electrons. The first-order chi connectivity index (χ1) is 14.7. The molecule has 0 bridgehead atoms. The predicted molar refractivity (Wildman–Crippen MR) is 117 cm³/mol. The monoisotopic (exact) mass is 395 g/mol. The van der Waals surface area contributed by atoms with Gasteiger partial charge >= 0.3 is 0 Å². The van der Waals surface area contributed by atoms with Crippen LogP contribution in [0.5, 0.6) is 0 Å². The summed E-state index contributed by atoms with van der Waals surface area (Å²) in [6.07, 6.45) is 3.41. The zero-order valence-electron chi connectivity index (χ0n) is 16.2. The van der Waals surface area contributed by atoms with Crippen LogP contribution in [0.3, 0.4) is 0 Å². The van der Waals surface area contributed by atoms with Crippen molar-refractivity contribution in [2.75, 3.05) is 11.9 Å². The van der Waals surface area contributed by atoms with Crippen LogP contribution in [0.1, 0.15) is 0 Å². The number of nitrogens with zero attached hydrogens (tertiary/aromatic N) is 4. The highest BCUT2D eigenvalue weighted by Crippen LogP contribution is 2.27. The molecule has 0 saturated carbocycles. The Kier molecular flexibility index (Phi) is 4.44. The van der Waals surface area contributed by atoms with E-state index >= 15 is 0 Å². The van der Waals surface area contributed by atoms with E-state index in [4.69, 9.17) is 0 Å². The maximum atomic E-state index is 13.5. The molecule has 2 heterocycles. The highest BCUT2D eigenvalue weighted by molar-refractivity contribution is 5.80. The SMILES string of the molecule is CN(c1cccc(-c2nc3ccccc3[nH]2)c1)c1ncc(-c2cccc(F)c2)cn1. The standard InChI is InChI=1S/C24H18FN5/c1-30(24-26-14-18(15-27-24)16-6-4-8-19(25)12-16)20-9-5-7-17(13-20)23-28-21-10-2-3-11-22(21)29-23/h2-15H,1H3,(H,28,29). The van der Waals surface area contributed by atoms with E-state index in [-0.39, 0.29) is 5.82 Å². The van der Waals surface area contributed by atoms with Gasteiger partial charge in [-0.05, 0) is 42.0 Å². The molecule has 2 aromatic heterocycles. The number of para-hydroxylation sites is 2. The fourth-order valence-electron chi connectivity index (χ4n) is 3.38. The number of benzene rings is 3. The number of H-pyrrole nitrogens is 1. The number of fused-ring (bicyclic) bond motifs is 1. The van der Waals surface area contributed by atoms with Crippen molar-refractivity contribution in [3.8, 4) is 22.5 Å². The Labute approximate surface area is 172 Å². The van der Waals surface area contributed by atoms with Crippen LogP contribution in [0.2, 0.25) is 0 Å². The number of aromatic nitrogens is 4. The Morgan fingerprint density at radius 3 is 2.37 bits per heavy atom. The van der Waals surface area contributed by atoms with Gasteiger partial charge in [-0.2, -0.15) is 0 Å². The van der Waals surface area contributed by atoms with Gasteiger partial charge in [0.05, 0.1) is 11.0 Å². The smallest absolute Gasteiger partial charge is 0.229 e. The van der Waals surface area contributed by atoms with E-state index in [1.807, 2.05) is 66.5 Å². The Hall–Kier alpha value is -4.06. The molecule has 5 aromatic rings. The molecule has 6 heteroatoms. The van der Waals surface area contributed by atoms with Crippen molar-refractivity contribution in [3.05, 3.63) is 91.0 Å². The molecule has 30 heavy (non-hydrogen) atoms. The lowest BCUT2D eigenvalue weighted by molar-refractivity contribution is 0.628. The van der Waals surface area contributed by atoms with Gasteiger partial charge in [-0.3, -0.25) is 0 Å². The molecule has 0 saturated heterocycles. The van der Waals surface area contributed by atoms with Gasteiger partial charge in [0.1, 0.15) is 11.6 Å². The van der Waals surface area contributed by atoms with E-state index in [0.717, 1.165) is 39.2 Å². The van der Waals surface area contributed by atoms with Gasteiger partial charge in [-0.1, -0.05) is 36.4 Å². The Morgan fingerprint density at radius 1 is 0.800 bits per heavy atom. The van der Waals surface area contributed by atoms with Crippen LogP contribution < -0.4 is 4.90 Å². The molecule has 5 rings (SSSR count). The van der Waals surface area contributed by atoms with Crippen molar-refractivity contribution >= 4 is 22.7 Å². The van der Waals surface area contributed by atoms with Gasteiger partial charge in [0.15, 0.2) is 0 Å². The third-order valence-corrected chi connectivity index (χ3v) is 4.99. The Balaban J connectivity index is 1.43. The van der Waals surface area contributed by atoms with Crippen molar-refractivity contribution in [1.82, 2.24) is 19.9 Å². The third kappa shape index (κ3) is 3.39. The summed E-state index contributed by atoms with van der Waals surface area (Å²) in [5.74, 6) is 1.09. The number of nitrogens with one attached hydrogen (secondary N) is 1. The molecule has 5 nitrogen and oxygen atoms in total. The summed E-state index contributed by atoms with van der Waals surface area (Å²) >= 11 is 0. The first-order valence-corrected chi connectivity index (χ1v) is 9.54. The van der Waals surface area contributed by atoms with E-state index in [1.165, 1.54) is 12.1 Å². The van der Waals surface area contributed by atoms with E-state index in [0.29, 0.717) is 5.95 Å². The van der Waals surface area contributed by atoms with Crippen molar-refractivity contribution in [3.63, 3.8) is 0 Å². The van der Waals surface area contributed by atoms with Crippen LogP contribution in [0.4, 0.5) is 16.0 Å². The topological polar surface area (TPSA) is 57.7 Å². The van der Waals surface area contributed by atoms with Gasteiger partial charge in [-0.25, -0.2) is 19.3 Å². The molecule has 0 aliphatic carbocycles. The normalized spacial score (nSPS) is 11.0. The van der Waals surface area contributed by atoms with Crippen molar-refractivity contribution in [2.24, 2.45) is 0 Å². The fraction of sp³-hybridized carbons (Fsp3) is 0.0417. The number of anilines is 2. The van der Waals surface area contributed by atoms with Crippen LogP contribution in [0, 0.1) is 5.82 Å². The van der Waals surface area contributed by atoms with Crippen LogP contribution >= 0.6 is 0 Å². The molecule has 3 aromatic carbocycles. The number of hydrogen-bond acceptors (Lipinski definition) is 4. The number of imidazole rings is 1. The molecule has 0 radical (unpaired) electrons. The second-order valence-corrected chi connectivity index (χ2v) is 6.99. The number of aromatic amines is 1. The lowest BCUT2D eigenvalue weighted by Crippen LogP contribution is -2.12. The number of rotatable bonds is 4. The average Bonchev–Trinajstić information content (AvgIpc) is 3.23. The highest BCUT2D eigenvalue weighted by atomic mass is 19.1. The summed E-state index contributed by atoms with van der Waals surface area (Å²) in [7, 11) is 1.91. The minimum atomic E-state index is -0.281. The number of hydrogen-bond donors (Lipinski definition) is 1. The van der Waals surface area contributed by atoms with E-state index in [1.54, 1.807) is 18.5 Å². The summed E-state index contributed by atoms with van der Waals surface area (Å²) in [6.45, 7) is 0. The van der Waals surface area contributed by atoms with E-state index in [2.05, 4.69) is 19.9 Å². The zero-order valence-corrected chi connectivity index (χ0v) is 16.2. The van der Waals surface area contributed by atoms with Crippen molar-refractivity contribution in [1.29, 1.82) is 0 Å². The maximum absolute atomic E-state index is 13.5. The van der Waals surface area contributed by atoms with Crippen molar-refractivity contribution < 1.29 is 4.39 Å². The van der Waals surface area contributed by atoms with Crippen LogP contribution in [-0.2, 0) is 0 Å². The summed E-state index contributed by atoms with van der Waals surface area (Å²) in [5.41, 5.74) is 5.36. The lowest BCUT2D eigenvalue weighted by atomic mass is 10.1. The molecule has 0 fully saturated rings. The van der Waals surface area contributed by atoms with Crippen molar-refractivity contribution in [2.45, 2.75) is 0 Å². The first kappa shape index (κ1) is 18.0. The molecule has 0 unspecified atom stereocenters. The predicted octanol–water partition coefficient (Wildman–Crippen LogP) is 5.59. The third-order valence-electron chi connectivity index (χ3n) is 4.99. The van der Waals surface area contributed by atoms with Gasteiger partial charge in [0, 0.05) is 36.3 Å². The summed E-state index contributed by atoms with van der Waals surface area (Å²) in [4.78, 5) is 18.9. The zero-order chi connectivity index (χ0) is 20.5. The van der Waals surface area contributed by atoms with E-state index < -0.39 is 0 Å². The van der Waals surface area contributed by atoms with Gasteiger partial charge in [-0.15, -0.1) is 0 Å². The largest absolute Gasteiger partial charge is 0.338 e. The lowest BCUT2D eigenvalue weighted by Gasteiger charge is -2.18. The molecule has 0 amide bonds. The summed E-state index contributed by atoms with van der Waals surface area (Å²) in [6, 6.07) is 22.4. The molecular formula is C24H18FN5. The van der Waals surface area contributed by atoms with Gasteiger partial charge in [0.2, 0.25) is 5.95 Å². The maximum Gasteiger partial charge on any atom is 0.229 e. The Morgan fingerprint density at radius 2 is 1.57 bits per heavy atom. The second-order valence-electron chi connectivity index (χ2n) is 6.99. The minimum absolute atomic E-state index is 0.281. The first-order valence-electron chi connectivity index (χ1n) is 9.54. The molecule has 0 aliphatic heterocycles. The second kappa shape index (κ2) is 7.40. The summed E-state index contributed by atoms with van der Waals surface area (Å²) in [5, 5.41) is 0. The molecular weight excluding hydrogens is 377 g/mol. The van der Waals surface area contributed by atoms with Crippen LogP contribution in [0.25, 0.3) is 33.5 Å². The van der Waals surface area contributed by atoms with E-state index in [9.17, 15) is 4.39 Å². The quantitative estimate of drug-likeness (QED) is 0.431. The Bertz CT molecular complexity index is 1290. The summed E-state index contributed by atoms with van der Waals surface area (Å²) < 4.78 is 13.5. The minimum Gasteiger partial charge on any atom is -0.338 e. The average molecular weight is 395 g/mol. The van der Waals surface area contributed by atoms with Gasteiger partial charge < -0.3 is 9.88 Å². The molecule has 0 aliphatic rings. The van der Waals surface area contributed by atoms with Gasteiger partial charge in [0.25, 0.3) is 0 Å². The highest BCUT2D eigenvalue weighted by Gasteiger charge is 2.11. The fourth-order valence-corrected chi connectivity index (χ4v) is 3.38. The van der Waals surface area contributed by atoms with Crippen LogP contribution in [-0.4, -0.2) is 27.0 Å². The molecule has 1 N–H and O–H groups in total. The van der Waals surface area contributed by atoms with Crippen LogP contribution in [0.15, 0.2) is 85.2 Å². The molecule has 0 atom stereocenters. The molecule has 0 spiro atoms.